The molecule has 1 heterocycles. The van der Waals surface area contributed by atoms with Gasteiger partial charge in [-0.1, -0.05) is 55.5 Å². The Hall–Kier alpha value is -4.21. The molecule has 0 fully saturated rings. The number of aromatic nitrogens is 3. The van der Waals surface area contributed by atoms with Gasteiger partial charge in [0, 0.05) is 5.92 Å². The van der Waals surface area contributed by atoms with E-state index in [4.69, 9.17) is 9.84 Å². The molecule has 0 saturated heterocycles. The highest BCUT2D eigenvalue weighted by Gasteiger charge is 2.29. The molecule has 2 aromatic carbocycles. The van der Waals surface area contributed by atoms with Gasteiger partial charge in [0.25, 0.3) is 11.9 Å². The van der Waals surface area contributed by atoms with Crippen molar-refractivity contribution >= 4 is 23.9 Å². The van der Waals surface area contributed by atoms with Crippen molar-refractivity contribution in [2.24, 2.45) is 0 Å². The summed E-state index contributed by atoms with van der Waals surface area (Å²) in [5.41, 5.74) is 4.41. The summed E-state index contributed by atoms with van der Waals surface area (Å²) in [6.07, 6.45) is -0.560. The van der Waals surface area contributed by atoms with Crippen LogP contribution in [0.15, 0.2) is 48.5 Å². The van der Waals surface area contributed by atoms with Gasteiger partial charge < -0.3 is 15.2 Å². The molecular weight excluding hydrogens is 414 g/mol. The number of carbonyl (C=O) groups excluding carboxylic acids is 2. The van der Waals surface area contributed by atoms with Gasteiger partial charge in [-0.2, -0.15) is 4.98 Å². The van der Waals surface area contributed by atoms with Crippen LogP contribution in [0.4, 0.5) is 10.7 Å². The van der Waals surface area contributed by atoms with Gasteiger partial charge in [-0.3, -0.25) is 15.2 Å². The number of amides is 2. The number of benzene rings is 2. The zero-order valence-corrected chi connectivity index (χ0v) is 17.2. The molecule has 3 aromatic rings. The lowest BCUT2D eigenvalue weighted by Crippen LogP contribution is -2.40. The van der Waals surface area contributed by atoms with Crippen molar-refractivity contribution in [2.75, 3.05) is 11.9 Å². The van der Waals surface area contributed by atoms with Gasteiger partial charge in [0.05, 0.1) is 0 Å². The number of aromatic amines is 1. The smallest absolute Gasteiger partial charge is 0.414 e. The topological polar surface area (TPSA) is 146 Å². The summed E-state index contributed by atoms with van der Waals surface area (Å²) in [6.45, 7) is 1.75. The van der Waals surface area contributed by atoms with Gasteiger partial charge in [0.2, 0.25) is 5.82 Å². The Morgan fingerprint density at radius 1 is 1.09 bits per heavy atom. The molecule has 0 bridgehead atoms. The first kappa shape index (κ1) is 21.0. The third-order valence-corrected chi connectivity index (χ3v) is 5.27. The molecule has 1 aliphatic carbocycles. The second kappa shape index (κ2) is 8.88. The van der Waals surface area contributed by atoms with E-state index in [1.54, 1.807) is 6.92 Å². The van der Waals surface area contributed by atoms with Crippen molar-refractivity contribution < 1.29 is 24.2 Å². The normalized spacial score (nSPS) is 13.0. The van der Waals surface area contributed by atoms with E-state index in [0.717, 1.165) is 22.3 Å². The number of ether oxygens (including phenoxy) is 1. The molecule has 2 amide bonds. The largest absolute Gasteiger partial charge is 0.480 e. The number of aliphatic carboxylic acids is 1. The molecule has 0 saturated carbocycles. The maximum absolute atomic E-state index is 12.3. The Kier molecular flexibility index (Phi) is 5.84. The first-order valence-corrected chi connectivity index (χ1v) is 10.1. The number of nitrogens with zero attached hydrogens (tertiary/aromatic N) is 2. The number of fused-ring (bicyclic) bond motifs is 3. The lowest BCUT2D eigenvalue weighted by Gasteiger charge is -2.13. The van der Waals surface area contributed by atoms with Gasteiger partial charge in [-0.05, 0) is 28.7 Å². The molecule has 0 radical (unpaired) electrons. The highest BCUT2D eigenvalue weighted by Crippen LogP contribution is 2.44. The van der Waals surface area contributed by atoms with Crippen LogP contribution in [0.25, 0.3) is 11.1 Å². The van der Waals surface area contributed by atoms with Crippen molar-refractivity contribution in [1.82, 2.24) is 20.5 Å². The highest BCUT2D eigenvalue weighted by molar-refractivity contribution is 5.94. The fourth-order valence-corrected chi connectivity index (χ4v) is 3.71. The third kappa shape index (κ3) is 4.15. The van der Waals surface area contributed by atoms with Crippen LogP contribution in [0.2, 0.25) is 0 Å². The average molecular weight is 435 g/mol. The van der Waals surface area contributed by atoms with E-state index in [9.17, 15) is 14.4 Å². The van der Waals surface area contributed by atoms with Gasteiger partial charge in [0.15, 0.2) is 0 Å². The van der Waals surface area contributed by atoms with Crippen LogP contribution in [0.3, 0.4) is 0 Å². The van der Waals surface area contributed by atoms with Gasteiger partial charge in [0.1, 0.15) is 12.6 Å². The van der Waals surface area contributed by atoms with Crippen LogP contribution in [0.1, 0.15) is 41.0 Å². The Bertz CT molecular complexity index is 1130. The van der Waals surface area contributed by atoms with Crippen molar-refractivity contribution in [3.05, 3.63) is 65.5 Å². The number of H-pyrrole nitrogens is 1. The predicted octanol–water partition coefficient (Wildman–Crippen LogP) is 2.76. The third-order valence-electron chi connectivity index (χ3n) is 5.27. The van der Waals surface area contributed by atoms with E-state index < -0.39 is 24.0 Å². The molecule has 0 spiro atoms. The van der Waals surface area contributed by atoms with Crippen LogP contribution in [-0.2, 0) is 9.53 Å². The molecule has 10 heteroatoms. The summed E-state index contributed by atoms with van der Waals surface area (Å²) in [6, 6.07) is 14.9. The number of rotatable bonds is 7. The lowest BCUT2D eigenvalue weighted by atomic mass is 9.98. The summed E-state index contributed by atoms with van der Waals surface area (Å²) in [5, 5.41) is 19.8. The molecule has 1 aromatic heterocycles. The molecule has 1 aliphatic rings. The first-order valence-electron chi connectivity index (χ1n) is 10.1. The second-order valence-corrected chi connectivity index (χ2v) is 7.23. The van der Waals surface area contributed by atoms with E-state index in [2.05, 4.69) is 25.8 Å². The van der Waals surface area contributed by atoms with Gasteiger partial charge in [-0.25, -0.2) is 9.59 Å². The fraction of sp³-hybridized carbons (Fsp3) is 0.227. The van der Waals surface area contributed by atoms with Crippen LogP contribution in [0.5, 0.6) is 0 Å². The molecular formula is C22H21N5O5. The van der Waals surface area contributed by atoms with Crippen LogP contribution in [0, 0.1) is 0 Å². The fourth-order valence-electron chi connectivity index (χ4n) is 3.71. The number of nitrogens with one attached hydrogen (secondary N) is 3. The summed E-state index contributed by atoms with van der Waals surface area (Å²) in [4.78, 5) is 39.3. The zero-order chi connectivity index (χ0) is 22.7. The van der Waals surface area contributed by atoms with Crippen molar-refractivity contribution in [3.63, 3.8) is 0 Å². The summed E-state index contributed by atoms with van der Waals surface area (Å²) in [7, 11) is 0. The SMILES string of the molecule is CC[C@H](NC(=O)c1nc(NC(=O)OCC2c3ccccc3-c3ccccc32)n[nH]1)C(=O)O. The molecule has 164 valence electrons. The zero-order valence-electron chi connectivity index (χ0n) is 17.2. The van der Waals surface area contributed by atoms with Gasteiger partial charge >= 0.3 is 12.1 Å². The standard InChI is InChI=1S/C22H21N5O5/c1-2-17(20(29)30)23-19(28)18-24-21(27-26-18)25-22(31)32-11-16-14-9-5-3-7-12(14)13-8-4-6-10-15(13)16/h3-10,16-17H,2,11H2,1H3,(H,23,28)(H,29,30)(H2,24,25,26,27,31)/t17-/m0/s1. The summed E-state index contributed by atoms with van der Waals surface area (Å²) in [5.74, 6) is -2.37. The molecule has 4 rings (SSSR count). The Labute approximate surface area is 183 Å². The van der Waals surface area contributed by atoms with E-state index in [0.29, 0.717) is 0 Å². The number of carboxylic acid groups (broad SMARTS) is 1. The summed E-state index contributed by atoms with van der Waals surface area (Å²) >= 11 is 0. The lowest BCUT2D eigenvalue weighted by molar-refractivity contribution is -0.139. The van der Waals surface area contributed by atoms with E-state index in [1.807, 2.05) is 48.5 Å². The second-order valence-electron chi connectivity index (χ2n) is 7.23. The number of hydrogen-bond acceptors (Lipinski definition) is 6. The van der Waals surface area contributed by atoms with E-state index >= 15 is 0 Å². The van der Waals surface area contributed by atoms with Crippen LogP contribution >= 0.6 is 0 Å². The first-order chi connectivity index (χ1) is 15.5. The number of anilines is 1. The molecule has 4 N–H and O–H groups in total. The number of hydrogen-bond donors (Lipinski definition) is 4. The van der Waals surface area contributed by atoms with E-state index in [-0.39, 0.29) is 30.7 Å². The van der Waals surface area contributed by atoms with Crippen molar-refractivity contribution in [2.45, 2.75) is 25.3 Å². The molecule has 32 heavy (non-hydrogen) atoms. The maximum atomic E-state index is 12.3. The van der Waals surface area contributed by atoms with Gasteiger partial charge in [-0.15, -0.1) is 5.10 Å². The Balaban J connectivity index is 1.37. The number of carboxylic acids is 1. The number of carbonyl (C=O) groups is 3. The molecule has 10 nitrogen and oxygen atoms in total. The Morgan fingerprint density at radius 2 is 1.72 bits per heavy atom. The molecule has 0 aliphatic heterocycles. The molecule has 0 unspecified atom stereocenters. The van der Waals surface area contributed by atoms with Crippen LogP contribution < -0.4 is 10.6 Å². The summed E-state index contributed by atoms with van der Waals surface area (Å²) < 4.78 is 5.40. The average Bonchev–Trinajstić information content (AvgIpc) is 3.38. The monoisotopic (exact) mass is 435 g/mol. The van der Waals surface area contributed by atoms with E-state index in [1.165, 1.54) is 0 Å². The maximum Gasteiger partial charge on any atom is 0.414 e. The quantitative estimate of drug-likeness (QED) is 0.446. The Morgan fingerprint density at radius 3 is 2.31 bits per heavy atom. The predicted molar refractivity (Wildman–Crippen MR) is 114 cm³/mol. The highest BCUT2D eigenvalue weighted by atomic mass is 16.5. The minimum absolute atomic E-state index is 0.0939. The van der Waals surface area contributed by atoms with Crippen molar-refractivity contribution in [3.8, 4) is 11.1 Å². The minimum atomic E-state index is -1.16. The molecule has 1 atom stereocenters. The van der Waals surface area contributed by atoms with Crippen LogP contribution in [-0.4, -0.2) is 50.9 Å². The van der Waals surface area contributed by atoms with Crippen molar-refractivity contribution in [1.29, 1.82) is 0 Å². The minimum Gasteiger partial charge on any atom is -0.480 e.